The molecular weight excluding hydrogens is 290 g/mol. The molecule has 0 aliphatic carbocycles. The summed E-state index contributed by atoms with van der Waals surface area (Å²) in [6.07, 6.45) is 0.940. The second-order valence-electron chi connectivity index (χ2n) is 4.48. The summed E-state index contributed by atoms with van der Waals surface area (Å²) < 4.78 is 2.11. The van der Waals surface area contributed by atoms with Crippen LogP contribution >= 0.6 is 22.9 Å². The van der Waals surface area contributed by atoms with E-state index in [-0.39, 0.29) is 0 Å². The normalized spacial score (nSPS) is 10.8. The average Bonchev–Trinajstić information content (AvgIpc) is 3.11. The van der Waals surface area contributed by atoms with E-state index in [1.165, 1.54) is 5.56 Å². The number of alkyl halides is 1. The minimum Gasteiger partial charge on any atom is -0.327 e. The first-order chi connectivity index (χ1) is 9.83. The summed E-state index contributed by atoms with van der Waals surface area (Å²) in [5.41, 5.74) is 3.64. The molecule has 0 radical (unpaired) electrons. The molecule has 0 amide bonds. The first kappa shape index (κ1) is 13.2. The Hall–Kier alpha value is -1.83. The van der Waals surface area contributed by atoms with E-state index in [0.29, 0.717) is 11.4 Å². The van der Waals surface area contributed by atoms with Gasteiger partial charge in [0.2, 0.25) is 0 Å². The summed E-state index contributed by atoms with van der Waals surface area (Å²) in [5.74, 6) is 1.17. The molecule has 0 saturated carbocycles. The molecule has 1 aromatic carbocycles. The molecule has 2 heterocycles. The maximum Gasteiger partial charge on any atom is 0.124 e. The van der Waals surface area contributed by atoms with Gasteiger partial charge in [-0.25, -0.2) is 4.98 Å². The quantitative estimate of drug-likeness (QED) is 0.685. The molecule has 0 aliphatic rings. The summed E-state index contributed by atoms with van der Waals surface area (Å²) in [5, 5.41) is 13.4. The molecule has 3 rings (SSSR count). The third-order valence-electron chi connectivity index (χ3n) is 3.30. The van der Waals surface area contributed by atoms with Crippen LogP contribution in [0.2, 0.25) is 0 Å². The van der Waals surface area contributed by atoms with Crippen molar-refractivity contribution in [1.82, 2.24) is 9.55 Å². The Morgan fingerprint density at radius 2 is 2.25 bits per heavy atom. The van der Waals surface area contributed by atoms with Gasteiger partial charge in [0.25, 0.3) is 0 Å². The summed E-state index contributed by atoms with van der Waals surface area (Å²) in [7, 11) is 0. The average molecular weight is 302 g/mol. The van der Waals surface area contributed by atoms with Crippen molar-refractivity contribution in [1.29, 1.82) is 5.26 Å². The monoisotopic (exact) mass is 301 g/mol. The molecule has 0 saturated heterocycles. The lowest BCUT2D eigenvalue weighted by Gasteiger charge is -2.06. The minimum atomic E-state index is 0.350. The van der Waals surface area contributed by atoms with E-state index < -0.39 is 0 Å². The van der Waals surface area contributed by atoms with Crippen LogP contribution in [0.1, 0.15) is 17.0 Å². The third-order valence-corrected chi connectivity index (χ3v) is 4.27. The van der Waals surface area contributed by atoms with Crippen molar-refractivity contribution in [2.45, 2.75) is 18.8 Å². The van der Waals surface area contributed by atoms with E-state index in [9.17, 15) is 0 Å². The highest BCUT2D eigenvalue weighted by Crippen LogP contribution is 2.21. The molecule has 0 unspecified atom stereocenters. The van der Waals surface area contributed by atoms with Crippen LogP contribution in [0.5, 0.6) is 0 Å². The molecule has 100 valence electrons. The first-order valence-electron chi connectivity index (χ1n) is 6.28. The van der Waals surface area contributed by atoms with Crippen LogP contribution in [0.4, 0.5) is 0 Å². The molecular formula is C15H12ClN3S. The van der Waals surface area contributed by atoms with Gasteiger partial charge in [-0.05, 0) is 40.9 Å². The fourth-order valence-electron chi connectivity index (χ4n) is 2.31. The van der Waals surface area contributed by atoms with Crippen LogP contribution in [-0.2, 0) is 18.8 Å². The van der Waals surface area contributed by atoms with E-state index in [1.54, 1.807) is 17.4 Å². The number of nitrogens with zero attached hydrogens (tertiary/aromatic N) is 3. The Morgan fingerprint density at radius 3 is 2.95 bits per heavy atom. The zero-order valence-corrected chi connectivity index (χ0v) is 12.3. The predicted molar refractivity (Wildman–Crippen MR) is 82.0 cm³/mol. The smallest absolute Gasteiger partial charge is 0.124 e. The molecule has 0 spiro atoms. The molecule has 0 bridgehead atoms. The van der Waals surface area contributed by atoms with Gasteiger partial charge in [-0.1, -0.05) is 6.07 Å². The summed E-state index contributed by atoms with van der Waals surface area (Å²) in [6.45, 7) is 0.824. The van der Waals surface area contributed by atoms with E-state index in [2.05, 4.69) is 32.4 Å². The van der Waals surface area contributed by atoms with Crippen molar-refractivity contribution in [3.05, 3.63) is 52.0 Å². The number of fused-ring (bicyclic) bond motifs is 1. The molecule has 0 N–H and O–H groups in total. The van der Waals surface area contributed by atoms with Gasteiger partial charge in [0.1, 0.15) is 17.4 Å². The number of aromatic nitrogens is 2. The fourth-order valence-corrected chi connectivity index (χ4v) is 3.22. The molecule has 5 heteroatoms. The maximum atomic E-state index is 9.16. The Bertz CT molecular complexity index is 768. The Balaban J connectivity index is 2.02. The first-order valence-corrected chi connectivity index (χ1v) is 7.76. The van der Waals surface area contributed by atoms with Crippen LogP contribution in [0.15, 0.2) is 35.0 Å². The largest absolute Gasteiger partial charge is 0.327 e. The van der Waals surface area contributed by atoms with Crippen molar-refractivity contribution in [3.63, 3.8) is 0 Å². The number of hydrogen-bond acceptors (Lipinski definition) is 3. The number of nitriles is 1. The highest BCUT2D eigenvalue weighted by molar-refractivity contribution is 7.07. The topological polar surface area (TPSA) is 41.6 Å². The Labute approximate surface area is 126 Å². The van der Waals surface area contributed by atoms with Gasteiger partial charge in [0, 0.05) is 6.54 Å². The molecule has 0 atom stereocenters. The number of halogens is 1. The Morgan fingerprint density at radius 1 is 1.35 bits per heavy atom. The van der Waals surface area contributed by atoms with Crippen molar-refractivity contribution in [2.75, 3.05) is 0 Å². The van der Waals surface area contributed by atoms with Crippen LogP contribution < -0.4 is 0 Å². The maximum absolute atomic E-state index is 9.16. The molecule has 0 aliphatic heterocycles. The standard InChI is InChI=1S/C15H12ClN3S/c16-8-14-18-15-12(9-17)2-1-3-13(15)19(14)6-4-11-5-7-20-10-11/h1-3,5,7,10H,4,6,8H2. The van der Waals surface area contributed by atoms with Gasteiger partial charge in [-0.2, -0.15) is 16.6 Å². The van der Waals surface area contributed by atoms with Crippen molar-refractivity contribution < 1.29 is 0 Å². The van der Waals surface area contributed by atoms with E-state index in [0.717, 1.165) is 29.8 Å². The molecule has 2 aromatic heterocycles. The van der Waals surface area contributed by atoms with E-state index in [1.807, 2.05) is 12.1 Å². The molecule has 20 heavy (non-hydrogen) atoms. The number of thiophene rings is 1. The number of para-hydroxylation sites is 1. The summed E-state index contributed by atoms with van der Waals surface area (Å²) >= 11 is 7.70. The lowest BCUT2D eigenvalue weighted by atomic mass is 10.2. The second kappa shape index (κ2) is 5.66. The van der Waals surface area contributed by atoms with Gasteiger partial charge in [0.05, 0.1) is 17.0 Å². The predicted octanol–water partition coefficient (Wildman–Crippen LogP) is 3.95. The van der Waals surface area contributed by atoms with Gasteiger partial charge < -0.3 is 4.57 Å². The fraction of sp³-hybridized carbons (Fsp3) is 0.200. The highest BCUT2D eigenvalue weighted by Gasteiger charge is 2.12. The lowest BCUT2D eigenvalue weighted by Crippen LogP contribution is -2.04. The van der Waals surface area contributed by atoms with Crippen LogP contribution in [0, 0.1) is 11.3 Å². The van der Waals surface area contributed by atoms with Gasteiger partial charge in [-0.3, -0.25) is 0 Å². The van der Waals surface area contributed by atoms with E-state index in [4.69, 9.17) is 16.9 Å². The number of hydrogen-bond donors (Lipinski definition) is 0. The molecule has 0 fully saturated rings. The minimum absolute atomic E-state index is 0.350. The SMILES string of the molecule is N#Cc1cccc2c1nc(CCl)n2CCc1ccsc1. The number of aryl methyl sites for hydroxylation is 2. The number of benzene rings is 1. The van der Waals surface area contributed by atoms with Crippen LogP contribution in [-0.4, -0.2) is 9.55 Å². The number of imidazole rings is 1. The van der Waals surface area contributed by atoms with Gasteiger partial charge in [0.15, 0.2) is 0 Å². The van der Waals surface area contributed by atoms with Gasteiger partial charge in [-0.15, -0.1) is 11.6 Å². The Kier molecular flexibility index (Phi) is 3.72. The second-order valence-corrected chi connectivity index (χ2v) is 5.53. The summed E-state index contributed by atoms with van der Waals surface area (Å²) in [4.78, 5) is 4.51. The summed E-state index contributed by atoms with van der Waals surface area (Å²) in [6, 6.07) is 9.99. The molecule has 3 aromatic rings. The van der Waals surface area contributed by atoms with Crippen molar-refractivity contribution >= 4 is 34.0 Å². The van der Waals surface area contributed by atoms with Crippen LogP contribution in [0.25, 0.3) is 11.0 Å². The zero-order valence-electron chi connectivity index (χ0n) is 10.7. The van der Waals surface area contributed by atoms with Crippen LogP contribution in [0.3, 0.4) is 0 Å². The molecule has 3 nitrogen and oxygen atoms in total. The van der Waals surface area contributed by atoms with Gasteiger partial charge >= 0.3 is 0 Å². The van der Waals surface area contributed by atoms with E-state index >= 15 is 0 Å². The lowest BCUT2D eigenvalue weighted by molar-refractivity contribution is 0.689. The van der Waals surface area contributed by atoms with Crippen molar-refractivity contribution in [2.24, 2.45) is 0 Å². The van der Waals surface area contributed by atoms with Crippen molar-refractivity contribution in [3.8, 4) is 6.07 Å². The zero-order chi connectivity index (χ0) is 13.9. The number of rotatable bonds is 4. The third kappa shape index (κ3) is 2.31. The highest BCUT2D eigenvalue weighted by atomic mass is 35.5.